The molecule has 0 aliphatic heterocycles. The standard InChI is InChI=1S/C16H28N2O/c1-13-14(11-17-2)10-16(19-13)12-18(3)15-8-6-4-5-7-9-15/h10,15,17H,4-9,11-12H2,1-3H3. The van der Waals surface area contributed by atoms with Crippen LogP contribution in [0.5, 0.6) is 0 Å². The van der Waals surface area contributed by atoms with Gasteiger partial charge in [0, 0.05) is 18.2 Å². The summed E-state index contributed by atoms with van der Waals surface area (Å²) in [6.45, 7) is 3.89. The Labute approximate surface area is 117 Å². The van der Waals surface area contributed by atoms with Crippen LogP contribution in [0.2, 0.25) is 0 Å². The Morgan fingerprint density at radius 2 is 1.95 bits per heavy atom. The van der Waals surface area contributed by atoms with Crippen LogP contribution in [-0.2, 0) is 13.1 Å². The van der Waals surface area contributed by atoms with Gasteiger partial charge < -0.3 is 9.73 Å². The molecule has 1 aromatic rings. The van der Waals surface area contributed by atoms with Crippen molar-refractivity contribution in [3.05, 3.63) is 23.2 Å². The zero-order valence-corrected chi connectivity index (χ0v) is 12.7. The average molecular weight is 264 g/mol. The van der Waals surface area contributed by atoms with Gasteiger partial charge >= 0.3 is 0 Å². The van der Waals surface area contributed by atoms with E-state index in [1.54, 1.807) is 0 Å². The number of nitrogens with one attached hydrogen (secondary N) is 1. The van der Waals surface area contributed by atoms with Crippen LogP contribution in [0.25, 0.3) is 0 Å². The molecule has 0 atom stereocenters. The van der Waals surface area contributed by atoms with Crippen molar-refractivity contribution in [2.75, 3.05) is 14.1 Å². The Balaban J connectivity index is 1.93. The Bertz CT molecular complexity index is 378. The maximum Gasteiger partial charge on any atom is 0.118 e. The molecule has 1 heterocycles. The Kier molecular flexibility index (Phi) is 5.46. The molecule has 3 nitrogen and oxygen atoms in total. The van der Waals surface area contributed by atoms with Crippen LogP contribution in [0.4, 0.5) is 0 Å². The van der Waals surface area contributed by atoms with Gasteiger partial charge in [-0.1, -0.05) is 25.7 Å². The summed E-state index contributed by atoms with van der Waals surface area (Å²) in [4.78, 5) is 2.48. The molecule has 1 fully saturated rings. The van der Waals surface area contributed by atoms with E-state index >= 15 is 0 Å². The highest BCUT2D eigenvalue weighted by atomic mass is 16.3. The lowest BCUT2D eigenvalue weighted by atomic mass is 10.1. The smallest absolute Gasteiger partial charge is 0.118 e. The Morgan fingerprint density at radius 3 is 2.58 bits per heavy atom. The summed E-state index contributed by atoms with van der Waals surface area (Å²) in [5, 5.41) is 3.19. The van der Waals surface area contributed by atoms with E-state index in [9.17, 15) is 0 Å². The van der Waals surface area contributed by atoms with Crippen molar-refractivity contribution in [2.45, 2.75) is 64.6 Å². The molecular weight excluding hydrogens is 236 g/mol. The van der Waals surface area contributed by atoms with Gasteiger partial charge in [-0.25, -0.2) is 0 Å². The summed E-state index contributed by atoms with van der Waals surface area (Å²) in [7, 11) is 4.22. The second kappa shape index (κ2) is 7.11. The minimum atomic E-state index is 0.737. The van der Waals surface area contributed by atoms with Crippen LogP contribution in [-0.4, -0.2) is 25.0 Å². The van der Waals surface area contributed by atoms with Gasteiger partial charge in [0.05, 0.1) is 6.54 Å². The van der Waals surface area contributed by atoms with Crippen molar-refractivity contribution in [1.82, 2.24) is 10.2 Å². The molecule has 0 radical (unpaired) electrons. The molecule has 0 spiro atoms. The molecule has 1 saturated carbocycles. The van der Waals surface area contributed by atoms with Crippen LogP contribution in [0.3, 0.4) is 0 Å². The minimum absolute atomic E-state index is 0.737. The molecule has 3 heteroatoms. The molecule has 0 amide bonds. The van der Waals surface area contributed by atoms with Gasteiger partial charge in [0.2, 0.25) is 0 Å². The van der Waals surface area contributed by atoms with E-state index in [0.29, 0.717) is 0 Å². The van der Waals surface area contributed by atoms with Crippen molar-refractivity contribution in [1.29, 1.82) is 0 Å². The summed E-state index contributed by atoms with van der Waals surface area (Å²) in [6, 6.07) is 2.94. The molecule has 1 aliphatic rings. The van der Waals surface area contributed by atoms with Gasteiger partial charge in [-0.2, -0.15) is 0 Å². The summed E-state index contributed by atoms with van der Waals surface area (Å²) in [5.74, 6) is 2.16. The first-order valence-corrected chi connectivity index (χ1v) is 7.63. The van der Waals surface area contributed by atoms with Crippen molar-refractivity contribution in [2.24, 2.45) is 0 Å². The number of rotatable bonds is 5. The number of hydrogen-bond acceptors (Lipinski definition) is 3. The van der Waals surface area contributed by atoms with Crippen molar-refractivity contribution < 1.29 is 4.42 Å². The molecule has 0 aromatic carbocycles. The molecule has 0 bridgehead atoms. The fraction of sp³-hybridized carbons (Fsp3) is 0.750. The predicted octanol–water partition coefficient (Wildman–Crippen LogP) is 3.46. The lowest BCUT2D eigenvalue weighted by Gasteiger charge is -2.26. The number of hydrogen-bond donors (Lipinski definition) is 1. The fourth-order valence-electron chi connectivity index (χ4n) is 3.10. The van der Waals surface area contributed by atoms with Gasteiger partial charge in [0.1, 0.15) is 11.5 Å². The molecule has 1 aromatic heterocycles. The highest BCUT2D eigenvalue weighted by Crippen LogP contribution is 2.23. The molecule has 1 aliphatic carbocycles. The molecule has 1 N–H and O–H groups in total. The molecule has 2 rings (SSSR count). The normalized spacial score (nSPS) is 17.9. The summed E-state index contributed by atoms with van der Waals surface area (Å²) < 4.78 is 5.88. The summed E-state index contributed by atoms with van der Waals surface area (Å²) in [6.07, 6.45) is 8.29. The van der Waals surface area contributed by atoms with E-state index in [-0.39, 0.29) is 0 Å². The number of nitrogens with zero attached hydrogens (tertiary/aromatic N) is 1. The third kappa shape index (κ3) is 4.08. The van der Waals surface area contributed by atoms with E-state index in [0.717, 1.165) is 30.7 Å². The van der Waals surface area contributed by atoms with Crippen LogP contribution >= 0.6 is 0 Å². The SMILES string of the molecule is CNCc1cc(CN(C)C2CCCCCC2)oc1C. The Morgan fingerprint density at radius 1 is 1.26 bits per heavy atom. The van der Waals surface area contributed by atoms with E-state index in [4.69, 9.17) is 4.42 Å². The van der Waals surface area contributed by atoms with Gasteiger partial charge in [-0.15, -0.1) is 0 Å². The second-order valence-corrected chi connectivity index (χ2v) is 5.88. The van der Waals surface area contributed by atoms with Crippen molar-refractivity contribution in [3.63, 3.8) is 0 Å². The largest absolute Gasteiger partial charge is 0.465 e. The summed E-state index contributed by atoms with van der Waals surface area (Å²) >= 11 is 0. The highest BCUT2D eigenvalue weighted by Gasteiger charge is 2.18. The van der Waals surface area contributed by atoms with Gasteiger partial charge in [0.25, 0.3) is 0 Å². The maximum atomic E-state index is 5.88. The highest BCUT2D eigenvalue weighted by molar-refractivity contribution is 5.20. The number of aryl methyl sites for hydroxylation is 1. The number of furan rings is 1. The lowest BCUT2D eigenvalue weighted by molar-refractivity contribution is 0.197. The molecule has 0 saturated heterocycles. The molecule has 19 heavy (non-hydrogen) atoms. The molecule has 0 unspecified atom stereocenters. The summed E-state index contributed by atoms with van der Waals surface area (Å²) in [5.41, 5.74) is 1.28. The van der Waals surface area contributed by atoms with Crippen LogP contribution in [0.15, 0.2) is 10.5 Å². The zero-order valence-electron chi connectivity index (χ0n) is 12.7. The Hall–Kier alpha value is -0.800. The van der Waals surface area contributed by atoms with Crippen molar-refractivity contribution in [3.8, 4) is 0 Å². The maximum absolute atomic E-state index is 5.88. The van der Waals surface area contributed by atoms with Gasteiger partial charge in [-0.3, -0.25) is 4.90 Å². The molecule has 108 valence electrons. The first-order valence-electron chi connectivity index (χ1n) is 7.63. The second-order valence-electron chi connectivity index (χ2n) is 5.88. The van der Waals surface area contributed by atoms with Crippen LogP contribution in [0.1, 0.15) is 55.6 Å². The van der Waals surface area contributed by atoms with Crippen molar-refractivity contribution >= 4 is 0 Å². The van der Waals surface area contributed by atoms with E-state index in [1.165, 1.54) is 44.1 Å². The third-order valence-corrected chi connectivity index (χ3v) is 4.29. The first-order chi connectivity index (χ1) is 9.20. The first kappa shape index (κ1) is 14.6. The van der Waals surface area contributed by atoms with E-state index in [2.05, 4.69) is 30.3 Å². The van der Waals surface area contributed by atoms with Gasteiger partial charge in [-0.05, 0) is 39.9 Å². The molecular formula is C16H28N2O. The minimum Gasteiger partial charge on any atom is -0.465 e. The monoisotopic (exact) mass is 264 g/mol. The predicted molar refractivity (Wildman–Crippen MR) is 79.2 cm³/mol. The third-order valence-electron chi connectivity index (χ3n) is 4.29. The topological polar surface area (TPSA) is 28.4 Å². The quantitative estimate of drug-likeness (QED) is 0.826. The van der Waals surface area contributed by atoms with E-state index < -0.39 is 0 Å². The fourth-order valence-corrected chi connectivity index (χ4v) is 3.10. The van der Waals surface area contributed by atoms with E-state index in [1.807, 2.05) is 7.05 Å². The average Bonchev–Trinajstić information content (AvgIpc) is 2.60. The van der Waals surface area contributed by atoms with Crippen LogP contribution in [0, 0.1) is 6.92 Å². The lowest BCUT2D eigenvalue weighted by Crippen LogP contribution is -2.30. The zero-order chi connectivity index (χ0) is 13.7. The van der Waals surface area contributed by atoms with Gasteiger partial charge in [0.15, 0.2) is 0 Å². The van der Waals surface area contributed by atoms with Crippen LogP contribution < -0.4 is 5.32 Å².